The largest absolute Gasteiger partial charge is 0.450 e. The van der Waals surface area contributed by atoms with Crippen LogP contribution >= 0.6 is 12.3 Å². The Balaban J connectivity index is 0.000000178. The second-order valence-electron chi connectivity index (χ2n) is 13.7. The lowest BCUT2D eigenvalue weighted by Gasteiger charge is -2.47. The summed E-state index contributed by atoms with van der Waals surface area (Å²) in [6, 6.07) is 1.33. The number of hydrogen-bond donors (Lipinski definition) is 0. The van der Waals surface area contributed by atoms with Gasteiger partial charge in [-0.05, 0) is 87.0 Å². The third-order valence-corrected chi connectivity index (χ3v) is 10.7. The highest BCUT2D eigenvalue weighted by Crippen LogP contribution is 2.46. The van der Waals surface area contributed by atoms with Crippen molar-refractivity contribution >= 4 is 18.3 Å². The molecule has 6 aliphatic heterocycles. The lowest BCUT2D eigenvalue weighted by Crippen LogP contribution is -2.56. The van der Waals surface area contributed by atoms with Gasteiger partial charge in [-0.3, -0.25) is 18.9 Å². The third-order valence-electron chi connectivity index (χ3n) is 10.1. The summed E-state index contributed by atoms with van der Waals surface area (Å²) in [5.41, 5.74) is 3.20. The Hall–Kier alpha value is -2.46. The third kappa shape index (κ3) is 7.11. The van der Waals surface area contributed by atoms with Crippen molar-refractivity contribution < 1.29 is 17.9 Å². The van der Waals surface area contributed by atoms with Gasteiger partial charge in [0, 0.05) is 52.9 Å². The van der Waals surface area contributed by atoms with Gasteiger partial charge in [-0.2, -0.15) is 0 Å². The Morgan fingerprint density at radius 3 is 2.13 bits per heavy atom. The van der Waals surface area contributed by atoms with Gasteiger partial charge in [-0.25, -0.2) is 4.79 Å². The van der Waals surface area contributed by atoms with Crippen molar-refractivity contribution in [2.75, 3.05) is 33.7 Å². The molecule has 0 aromatic heterocycles. The van der Waals surface area contributed by atoms with Gasteiger partial charge in [0.25, 0.3) is 0 Å². The van der Waals surface area contributed by atoms with Gasteiger partial charge < -0.3 is 8.92 Å². The maximum Gasteiger partial charge on any atom is 0.332 e. The van der Waals surface area contributed by atoms with Crippen LogP contribution in [-0.4, -0.2) is 89.8 Å². The molecule has 0 saturated carbocycles. The molecule has 7 nitrogen and oxygen atoms in total. The fourth-order valence-corrected chi connectivity index (χ4v) is 8.26. The van der Waals surface area contributed by atoms with Crippen LogP contribution in [0.25, 0.3) is 0 Å². The van der Waals surface area contributed by atoms with E-state index in [0.29, 0.717) is 24.7 Å². The molecule has 0 aromatic carbocycles. The Kier molecular flexibility index (Phi) is 10.9. The van der Waals surface area contributed by atoms with E-state index < -0.39 is 5.60 Å². The Bertz CT molecular complexity index is 1380. The summed E-state index contributed by atoms with van der Waals surface area (Å²) >= 11 is 1.10. The number of carbonyl (C=O) groups is 1. The Morgan fingerprint density at radius 1 is 0.911 bits per heavy atom. The van der Waals surface area contributed by atoms with Crippen molar-refractivity contribution in [3.63, 3.8) is 0 Å². The average molecular weight is 634 g/mol. The molecular formula is C37H51N3O4S. The van der Waals surface area contributed by atoms with E-state index >= 15 is 0 Å². The topological polar surface area (TPSA) is 54.5 Å². The van der Waals surface area contributed by atoms with Gasteiger partial charge in [-0.15, -0.1) is 0 Å². The van der Waals surface area contributed by atoms with Gasteiger partial charge in [0.05, 0.1) is 12.6 Å². The van der Waals surface area contributed by atoms with Gasteiger partial charge in [0.1, 0.15) is 11.9 Å². The molecule has 2 unspecified atom stereocenters. The number of unbranched alkanes of at least 4 members (excludes halogenated alkanes) is 1. The smallest absolute Gasteiger partial charge is 0.332 e. The van der Waals surface area contributed by atoms with E-state index in [0.717, 1.165) is 67.0 Å². The molecule has 6 atom stereocenters. The molecular weight excluding hydrogens is 582 g/mol. The lowest BCUT2D eigenvalue weighted by atomic mass is 9.81. The number of piperidine rings is 2. The highest BCUT2D eigenvalue weighted by molar-refractivity contribution is 7.90. The van der Waals surface area contributed by atoms with E-state index in [4.69, 9.17) is 13.1 Å². The Labute approximate surface area is 275 Å². The number of hydrogen-bond acceptors (Lipinski definition) is 8. The van der Waals surface area contributed by atoms with Crippen molar-refractivity contribution in [2.24, 2.45) is 0 Å². The molecule has 2 saturated heterocycles. The van der Waals surface area contributed by atoms with Crippen LogP contribution in [-0.2, 0) is 17.9 Å². The minimum atomic E-state index is -0.569. The van der Waals surface area contributed by atoms with Gasteiger partial charge in [-0.1, -0.05) is 55.6 Å². The molecule has 2 fully saturated rings. The number of carbonyl (C=O) groups excluding carboxylic acids is 1. The number of rotatable bonds is 2. The van der Waals surface area contributed by atoms with E-state index in [2.05, 4.69) is 80.3 Å². The molecule has 0 aliphatic carbocycles. The molecule has 45 heavy (non-hydrogen) atoms. The lowest BCUT2D eigenvalue weighted by molar-refractivity contribution is -0.151. The fourth-order valence-electron chi connectivity index (χ4n) is 7.75. The number of esters is 1. The van der Waals surface area contributed by atoms with Crippen molar-refractivity contribution in [3.05, 3.63) is 46.8 Å². The monoisotopic (exact) mass is 633 g/mol. The molecule has 8 heteroatoms. The summed E-state index contributed by atoms with van der Waals surface area (Å²) in [7, 11) is 4.01. The summed E-state index contributed by atoms with van der Waals surface area (Å²) in [5, 5.41) is 0. The highest BCUT2D eigenvalue weighted by Gasteiger charge is 2.52. The fraction of sp³-hybridized carbons (Fsp3) is 0.649. The van der Waals surface area contributed by atoms with Crippen LogP contribution in [0, 0.1) is 23.7 Å². The van der Waals surface area contributed by atoms with E-state index in [-0.39, 0.29) is 17.6 Å². The molecule has 6 heterocycles. The maximum absolute atomic E-state index is 12.0. The SMILES string of the molecule is CCCC#CC1=C[C@H](C)N2CCCCC2[C@@]2(C)OSOC=C12.C[C@H]1C=C(C#CCN(C)C)C2=CC(=O)O[C@]2(C)C2CCCCN21. The number of ether oxygens (including phenoxy) is 1. The molecule has 0 spiro atoms. The number of fused-ring (bicyclic) bond motifs is 6. The summed E-state index contributed by atoms with van der Waals surface area (Å²) in [6.45, 7) is 13.8. The first-order valence-electron chi connectivity index (χ1n) is 16.8. The molecule has 0 radical (unpaired) electrons. The van der Waals surface area contributed by atoms with Crippen LogP contribution in [0.4, 0.5) is 0 Å². The Morgan fingerprint density at radius 2 is 1.51 bits per heavy atom. The quantitative estimate of drug-likeness (QED) is 0.203. The van der Waals surface area contributed by atoms with E-state index in [1.807, 2.05) is 25.3 Å². The molecule has 0 amide bonds. The van der Waals surface area contributed by atoms with Crippen LogP contribution in [0.15, 0.2) is 46.8 Å². The zero-order valence-electron chi connectivity index (χ0n) is 28.3. The van der Waals surface area contributed by atoms with Crippen LogP contribution in [0.1, 0.15) is 86.0 Å². The van der Waals surface area contributed by atoms with Gasteiger partial charge >= 0.3 is 5.97 Å². The van der Waals surface area contributed by atoms with E-state index in [1.54, 1.807) is 6.08 Å². The van der Waals surface area contributed by atoms with E-state index in [1.165, 1.54) is 32.1 Å². The zero-order chi connectivity index (χ0) is 32.2. The predicted molar refractivity (Wildman–Crippen MR) is 182 cm³/mol. The summed E-state index contributed by atoms with van der Waals surface area (Å²) in [4.78, 5) is 19.1. The normalized spacial score (nSPS) is 34.3. The standard InChI is InChI=1S/C19H26N2O2.C18H25NO2S/c1-14-12-15(8-7-10-20(3)4)16-13-18(22)23-19(16,2)17-9-5-6-11-21(14)17;1-4-5-6-9-15-12-14(2)19-11-8-7-10-17(19)18(3)16(15)13-20-22-21-18/h12-14,17H,5-6,9-11H2,1-4H3;12-14,17H,4-5,7-8,10-11H2,1-3H3/t14-,17?,19-;14-,17?,18-/m00/s1. The first-order valence-corrected chi connectivity index (χ1v) is 17.5. The van der Waals surface area contributed by atoms with Crippen molar-refractivity contribution in [3.8, 4) is 23.7 Å². The van der Waals surface area contributed by atoms with Crippen molar-refractivity contribution in [2.45, 2.75) is 121 Å². The van der Waals surface area contributed by atoms with Crippen molar-refractivity contribution in [1.82, 2.24) is 14.7 Å². The molecule has 0 bridgehead atoms. The molecule has 6 aliphatic rings. The second-order valence-corrected chi connectivity index (χ2v) is 14.2. The van der Waals surface area contributed by atoms with Crippen LogP contribution in [0.2, 0.25) is 0 Å². The molecule has 0 N–H and O–H groups in total. The number of nitrogens with zero attached hydrogens (tertiary/aromatic N) is 3. The highest BCUT2D eigenvalue weighted by atomic mass is 32.2. The van der Waals surface area contributed by atoms with Gasteiger partial charge in [0.15, 0.2) is 5.60 Å². The van der Waals surface area contributed by atoms with Crippen LogP contribution < -0.4 is 0 Å². The first-order chi connectivity index (χ1) is 21.6. The van der Waals surface area contributed by atoms with Crippen LogP contribution in [0.5, 0.6) is 0 Å². The molecule has 0 aromatic rings. The summed E-state index contributed by atoms with van der Waals surface area (Å²) in [6.07, 6.45) is 17.2. The minimum Gasteiger partial charge on any atom is -0.450 e. The average Bonchev–Trinajstić information content (AvgIpc) is 3.26. The first kappa shape index (κ1) is 33.9. The predicted octanol–water partition coefficient (Wildman–Crippen LogP) is 6.20. The summed E-state index contributed by atoms with van der Waals surface area (Å²) in [5.74, 6) is 12.9. The molecule has 6 rings (SSSR count). The second kappa shape index (κ2) is 14.5. The van der Waals surface area contributed by atoms with Crippen molar-refractivity contribution in [1.29, 1.82) is 0 Å². The van der Waals surface area contributed by atoms with Crippen LogP contribution in [0.3, 0.4) is 0 Å². The maximum atomic E-state index is 12.0. The minimum absolute atomic E-state index is 0.233. The molecule has 244 valence electrons. The zero-order valence-corrected chi connectivity index (χ0v) is 29.1. The summed E-state index contributed by atoms with van der Waals surface area (Å²) < 4.78 is 17.3. The van der Waals surface area contributed by atoms with E-state index in [9.17, 15) is 4.79 Å². The van der Waals surface area contributed by atoms with Gasteiger partial charge in [0.2, 0.25) is 12.3 Å².